The van der Waals surface area contributed by atoms with Gasteiger partial charge < -0.3 is 11.6 Å². The molecule has 0 aliphatic rings. The van der Waals surface area contributed by atoms with Crippen molar-refractivity contribution in [1.82, 2.24) is 0 Å². The van der Waals surface area contributed by atoms with Gasteiger partial charge in [0.1, 0.15) is 5.75 Å². The molecule has 0 saturated carbocycles. The van der Waals surface area contributed by atoms with E-state index in [4.69, 9.17) is 5.11 Å². The van der Waals surface area contributed by atoms with Crippen LogP contribution in [0.25, 0.3) is 10.8 Å². The van der Waals surface area contributed by atoms with E-state index >= 15 is 0 Å². The molecular weight excluding hydrogens is 203 g/mol. The Morgan fingerprint density at radius 3 is 2.53 bits per heavy atom. The minimum Gasteiger partial charge on any atom is -1.00 e. The fourth-order valence-electron chi connectivity index (χ4n) is 1.41. The molecule has 0 amide bonds. The number of rotatable bonds is 1. The summed E-state index contributed by atoms with van der Waals surface area (Å²) in [7, 11) is 0. The average Bonchev–Trinajstić information content (AvgIpc) is 2.17. The molecule has 0 aromatic heterocycles. The fourth-order valence-corrected chi connectivity index (χ4v) is 1.41. The maximum atomic E-state index is 10.7. The molecule has 0 radical (unpaired) electrons. The Morgan fingerprint density at radius 2 is 1.87 bits per heavy atom. The van der Waals surface area contributed by atoms with E-state index in [0.717, 1.165) is 5.39 Å². The number of carboxylic acids is 1. The molecule has 72 valence electrons. The average molecular weight is 212 g/mol. The largest absolute Gasteiger partial charge is 1.00 e. The van der Waals surface area contributed by atoms with Crippen LogP contribution in [0.4, 0.5) is 0 Å². The number of fused-ring (bicyclic) bond motifs is 1. The zero-order valence-electron chi connectivity index (χ0n) is 9.27. The second-order valence-corrected chi connectivity index (χ2v) is 3.02. The quantitative estimate of drug-likeness (QED) is 0.618. The Kier molecular flexibility index (Phi) is 3.74. The third kappa shape index (κ3) is 2.31. The van der Waals surface area contributed by atoms with Crippen molar-refractivity contribution in [3.63, 3.8) is 0 Å². The number of benzene rings is 2. The first-order valence-corrected chi connectivity index (χ1v) is 4.13. The second kappa shape index (κ2) is 4.66. The van der Waals surface area contributed by atoms with Gasteiger partial charge in [-0.2, -0.15) is 0 Å². The van der Waals surface area contributed by atoms with Gasteiger partial charge in [-0.1, -0.05) is 24.3 Å². The van der Waals surface area contributed by atoms with Crippen molar-refractivity contribution in [3.05, 3.63) is 42.0 Å². The van der Waals surface area contributed by atoms with Crippen molar-refractivity contribution in [1.29, 1.82) is 0 Å². The summed E-state index contributed by atoms with van der Waals surface area (Å²) in [5.74, 6) is -1.04. The Hall–Kier alpha value is -1.03. The number of carbonyl (C=O) groups is 1. The van der Waals surface area contributed by atoms with Crippen LogP contribution in [0.15, 0.2) is 36.4 Å². The molecule has 2 rings (SSSR count). The van der Waals surface area contributed by atoms with Crippen LogP contribution in [-0.4, -0.2) is 16.2 Å². The Bertz CT molecular complexity index is 514. The van der Waals surface area contributed by atoms with Crippen LogP contribution < -0.4 is 29.6 Å². The first kappa shape index (κ1) is 12.0. The van der Waals surface area contributed by atoms with Gasteiger partial charge in [0.05, 0.1) is 5.56 Å². The molecule has 0 aliphatic heterocycles. The monoisotopic (exact) mass is 212 g/mol. The summed E-state index contributed by atoms with van der Waals surface area (Å²) in [6, 6.07) is 9.90. The number of aromatic hydroxyl groups is 1. The number of hydrogen-bond acceptors (Lipinski definition) is 2. The third-order valence-corrected chi connectivity index (χ3v) is 2.09. The predicted molar refractivity (Wildman–Crippen MR) is 53.7 cm³/mol. The van der Waals surface area contributed by atoms with Crippen LogP contribution in [0.3, 0.4) is 0 Å². The van der Waals surface area contributed by atoms with Gasteiger partial charge in [-0.15, -0.1) is 0 Å². The summed E-state index contributed by atoms with van der Waals surface area (Å²) in [4.78, 5) is 10.7. The summed E-state index contributed by atoms with van der Waals surface area (Å²) in [5.41, 5.74) is 0.0983. The van der Waals surface area contributed by atoms with Crippen LogP contribution in [0.5, 0.6) is 5.75 Å². The summed E-state index contributed by atoms with van der Waals surface area (Å²) < 4.78 is 0. The Labute approximate surface area is 110 Å². The van der Waals surface area contributed by atoms with Gasteiger partial charge in [-0.25, -0.2) is 4.79 Å². The summed E-state index contributed by atoms with van der Waals surface area (Å²) in [5, 5.41) is 19.7. The minimum absolute atomic E-state index is 0. The van der Waals surface area contributed by atoms with E-state index in [1.54, 1.807) is 24.3 Å². The molecule has 0 spiro atoms. The summed E-state index contributed by atoms with van der Waals surface area (Å²) in [6.07, 6.45) is 0. The number of aromatic carboxylic acids is 1. The molecule has 0 saturated heterocycles. The van der Waals surface area contributed by atoms with E-state index in [9.17, 15) is 9.90 Å². The van der Waals surface area contributed by atoms with Gasteiger partial charge in [0, 0.05) is 5.39 Å². The van der Waals surface area contributed by atoms with Crippen LogP contribution in [0.2, 0.25) is 0 Å². The molecule has 2 aromatic carbocycles. The standard InChI is InChI=1S/C11H8O3.Na.H/c12-10-6-8(11(13)14)5-7-3-1-2-4-9(7)10;;/h1-6,12H,(H,13,14);;/q;+1;-1. The second-order valence-electron chi connectivity index (χ2n) is 3.02. The van der Waals surface area contributed by atoms with Gasteiger partial charge in [-0.3, -0.25) is 0 Å². The first-order valence-electron chi connectivity index (χ1n) is 4.13. The molecule has 4 heteroatoms. The zero-order chi connectivity index (χ0) is 10.1. The summed E-state index contributed by atoms with van der Waals surface area (Å²) >= 11 is 0. The number of phenolic OH excluding ortho intramolecular Hbond substituents is 1. The molecule has 0 bridgehead atoms. The molecule has 0 aliphatic carbocycles. The first-order chi connectivity index (χ1) is 6.68. The Balaban J connectivity index is 0.00000112. The molecule has 0 heterocycles. The molecule has 0 atom stereocenters. The maximum Gasteiger partial charge on any atom is 1.00 e. The van der Waals surface area contributed by atoms with Crippen molar-refractivity contribution in [2.24, 2.45) is 0 Å². The van der Waals surface area contributed by atoms with Crippen LogP contribution in [-0.2, 0) is 0 Å². The fraction of sp³-hybridized carbons (Fsp3) is 0. The van der Waals surface area contributed by atoms with Crippen molar-refractivity contribution in [2.45, 2.75) is 0 Å². The summed E-state index contributed by atoms with van der Waals surface area (Å²) in [6.45, 7) is 0. The molecule has 15 heavy (non-hydrogen) atoms. The van der Waals surface area contributed by atoms with E-state index in [1.165, 1.54) is 12.1 Å². The predicted octanol–water partition coefficient (Wildman–Crippen LogP) is -0.640. The van der Waals surface area contributed by atoms with E-state index in [1.807, 2.05) is 0 Å². The third-order valence-electron chi connectivity index (χ3n) is 2.09. The molecular formula is C11H9NaO3. The number of phenols is 1. The normalized spacial score (nSPS) is 9.60. The molecule has 2 aromatic rings. The van der Waals surface area contributed by atoms with E-state index < -0.39 is 5.97 Å². The molecule has 0 unspecified atom stereocenters. The zero-order valence-corrected chi connectivity index (χ0v) is 10.3. The molecule has 0 fully saturated rings. The van der Waals surface area contributed by atoms with Gasteiger partial charge in [0.2, 0.25) is 0 Å². The van der Waals surface area contributed by atoms with Crippen LogP contribution in [0, 0.1) is 0 Å². The van der Waals surface area contributed by atoms with Crippen molar-refractivity contribution in [3.8, 4) is 5.75 Å². The van der Waals surface area contributed by atoms with Gasteiger partial charge in [0.15, 0.2) is 0 Å². The van der Waals surface area contributed by atoms with E-state index in [2.05, 4.69) is 0 Å². The smallest absolute Gasteiger partial charge is 1.00 e. The Morgan fingerprint density at radius 1 is 1.20 bits per heavy atom. The minimum atomic E-state index is -1.04. The van der Waals surface area contributed by atoms with E-state index in [-0.39, 0.29) is 42.3 Å². The van der Waals surface area contributed by atoms with Crippen molar-refractivity contribution < 1.29 is 46.0 Å². The van der Waals surface area contributed by atoms with Crippen molar-refractivity contribution in [2.75, 3.05) is 0 Å². The SMILES string of the molecule is O=C(O)c1cc(O)c2ccccc2c1.[H-].[Na+]. The maximum absolute atomic E-state index is 10.7. The molecule has 3 nitrogen and oxygen atoms in total. The van der Waals surface area contributed by atoms with Crippen molar-refractivity contribution >= 4 is 16.7 Å². The number of hydrogen-bond donors (Lipinski definition) is 2. The van der Waals surface area contributed by atoms with Gasteiger partial charge >= 0.3 is 35.5 Å². The topological polar surface area (TPSA) is 57.5 Å². The number of carboxylic acid groups (broad SMARTS) is 1. The van der Waals surface area contributed by atoms with Crippen LogP contribution in [0.1, 0.15) is 11.8 Å². The van der Waals surface area contributed by atoms with E-state index in [0.29, 0.717) is 5.39 Å². The van der Waals surface area contributed by atoms with Gasteiger partial charge in [-0.05, 0) is 17.5 Å². The molecule has 2 N–H and O–H groups in total. The van der Waals surface area contributed by atoms with Crippen LogP contribution >= 0.6 is 0 Å². The van der Waals surface area contributed by atoms with Gasteiger partial charge in [0.25, 0.3) is 0 Å².